The third kappa shape index (κ3) is 6.65. The summed E-state index contributed by atoms with van der Waals surface area (Å²) in [6.45, 7) is -0.152. The summed E-state index contributed by atoms with van der Waals surface area (Å²) >= 11 is 7.17. The minimum absolute atomic E-state index is 0.0431. The molecule has 0 fully saturated rings. The van der Waals surface area contributed by atoms with Gasteiger partial charge in [-0.15, -0.1) is 11.8 Å². The van der Waals surface area contributed by atoms with Crippen LogP contribution in [0.2, 0.25) is 5.02 Å². The number of hydrogen-bond acceptors (Lipinski definition) is 4. The van der Waals surface area contributed by atoms with Crippen molar-refractivity contribution in [3.8, 4) is 0 Å². The molecular formula is C18H16ClF2NO3S. The van der Waals surface area contributed by atoms with Gasteiger partial charge >= 0.3 is 5.97 Å². The normalized spacial score (nSPS) is 10.4. The van der Waals surface area contributed by atoms with Crippen molar-refractivity contribution < 1.29 is 23.1 Å². The number of rotatable bonds is 8. The molecule has 0 aliphatic rings. The summed E-state index contributed by atoms with van der Waals surface area (Å²) in [5.74, 6) is -2.52. The first-order valence-corrected chi connectivity index (χ1v) is 9.05. The van der Waals surface area contributed by atoms with Crippen molar-refractivity contribution in [3.63, 3.8) is 0 Å². The quantitative estimate of drug-likeness (QED) is 0.539. The Morgan fingerprint density at radius 2 is 1.88 bits per heavy atom. The lowest BCUT2D eigenvalue weighted by atomic mass is 10.2. The summed E-state index contributed by atoms with van der Waals surface area (Å²) < 4.78 is 30.7. The Balaban J connectivity index is 1.64. The monoisotopic (exact) mass is 399 g/mol. The standard InChI is InChI=1S/C18H16ClF2NO3S/c19-14-4-2-1-3-12(14)10-22-17(23)11-25-18(24)7-8-26-13-5-6-15(20)16(21)9-13/h1-6,9H,7-8,10-11H2,(H,22,23). The smallest absolute Gasteiger partial charge is 0.307 e. The summed E-state index contributed by atoms with van der Waals surface area (Å²) in [5, 5.41) is 3.15. The van der Waals surface area contributed by atoms with Crippen molar-refractivity contribution in [2.24, 2.45) is 0 Å². The summed E-state index contributed by atoms with van der Waals surface area (Å²) in [6.07, 6.45) is 0.0431. The summed E-state index contributed by atoms with van der Waals surface area (Å²) in [5.41, 5.74) is 0.761. The van der Waals surface area contributed by atoms with Crippen molar-refractivity contribution in [3.05, 3.63) is 64.7 Å². The van der Waals surface area contributed by atoms with E-state index in [0.29, 0.717) is 15.7 Å². The molecule has 138 valence electrons. The SMILES string of the molecule is O=C(COC(=O)CCSc1ccc(F)c(F)c1)NCc1ccccc1Cl. The Bertz CT molecular complexity index is 789. The molecule has 0 unspecified atom stereocenters. The number of carbonyl (C=O) groups is 2. The molecule has 0 aliphatic carbocycles. The highest BCUT2D eigenvalue weighted by molar-refractivity contribution is 7.99. The van der Waals surface area contributed by atoms with Gasteiger partial charge in [0.25, 0.3) is 5.91 Å². The molecule has 0 bridgehead atoms. The van der Waals surface area contributed by atoms with E-state index in [1.165, 1.54) is 17.8 Å². The average molecular weight is 400 g/mol. The second-order valence-electron chi connectivity index (χ2n) is 5.20. The lowest BCUT2D eigenvalue weighted by Gasteiger charge is -2.08. The molecule has 0 aliphatic heterocycles. The second kappa shape index (κ2) is 10.1. The molecule has 0 aromatic heterocycles. The van der Waals surface area contributed by atoms with Gasteiger partial charge in [0, 0.05) is 22.2 Å². The van der Waals surface area contributed by atoms with Gasteiger partial charge in [0.15, 0.2) is 18.2 Å². The third-order valence-corrected chi connectivity index (χ3v) is 4.63. The predicted molar refractivity (Wildman–Crippen MR) is 96.0 cm³/mol. The molecule has 0 heterocycles. The van der Waals surface area contributed by atoms with Crippen LogP contribution in [0.5, 0.6) is 0 Å². The van der Waals surface area contributed by atoms with Crippen LogP contribution in [-0.2, 0) is 20.9 Å². The van der Waals surface area contributed by atoms with Gasteiger partial charge in [-0.3, -0.25) is 9.59 Å². The summed E-state index contributed by atoms with van der Waals surface area (Å²) in [7, 11) is 0. The van der Waals surface area contributed by atoms with Crippen molar-refractivity contribution >= 4 is 35.2 Å². The van der Waals surface area contributed by atoms with E-state index >= 15 is 0 Å². The van der Waals surface area contributed by atoms with E-state index in [9.17, 15) is 18.4 Å². The number of benzene rings is 2. The minimum Gasteiger partial charge on any atom is -0.456 e. The molecule has 0 radical (unpaired) electrons. The van der Waals surface area contributed by atoms with Crippen molar-refractivity contribution in [2.45, 2.75) is 17.9 Å². The van der Waals surface area contributed by atoms with Crippen molar-refractivity contribution in [1.82, 2.24) is 5.32 Å². The van der Waals surface area contributed by atoms with Crippen LogP contribution in [0.15, 0.2) is 47.4 Å². The Kier molecular flexibility index (Phi) is 7.87. The first-order valence-electron chi connectivity index (χ1n) is 7.69. The number of carbonyl (C=O) groups excluding carboxylic acids is 2. The highest BCUT2D eigenvalue weighted by Crippen LogP contribution is 2.21. The van der Waals surface area contributed by atoms with Gasteiger partial charge in [-0.1, -0.05) is 29.8 Å². The molecule has 1 N–H and O–H groups in total. The van der Waals surface area contributed by atoms with E-state index in [1.807, 2.05) is 0 Å². The highest BCUT2D eigenvalue weighted by Gasteiger charge is 2.09. The summed E-state index contributed by atoms with van der Waals surface area (Å²) in [4.78, 5) is 23.8. The topological polar surface area (TPSA) is 55.4 Å². The van der Waals surface area contributed by atoms with E-state index in [0.717, 1.165) is 17.7 Å². The fraction of sp³-hybridized carbons (Fsp3) is 0.222. The highest BCUT2D eigenvalue weighted by atomic mass is 35.5. The molecule has 2 aromatic rings. The maximum Gasteiger partial charge on any atom is 0.307 e. The molecule has 1 amide bonds. The number of thioether (sulfide) groups is 1. The molecule has 8 heteroatoms. The van der Waals surface area contributed by atoms with Crippen molar-refractivity contribution in [2.75, 3.05) is 12.4 Å². The zero-order chi connectivity index (χ0) is 18.9. The maximum absolute atomic E-state index is 13.1. The Hall–Kier alpha value is -2.12. The minimum atomic E-state index is -0.937. The van der Waals surface area contributed by atoms with E-state index in [1.54, 1.807) is 24.3 Å². The number of esters is 1. The molecule has 0 spiro atoms. The zero-order valence-electron chi connectivity index (χ0n) is 13.6. The second-order valence-corrected chi connectivity index (χ2v) is 6.78. The fourth-order valence-electron chi connectivity index (χ4n) is 1.92. The van der Waals surface area contributed by atoms with Gasteiger partial charge in [-0.2, -0.15) is 0 Å². The van der Waals surface area contributed by atoms with Gasteiger partial charge in [0.05, 0.1) is 6.42 Å². The predicted octanol–water partition coefficient (Wildman–Crippen LogP) is 3.96. The third-order valence-electron chi connectivity index (χ3n) is 3.26. The zero-order valence-corrected chi connectivity index (χ0v) is 15.2. The van der Waals surface area contributed by atoms with Crippen LogP contribution in [0.1, 0.15) is 12.0 Å². The van der Waals surface area contributed by atoms with Gasteiger partial charge in [-0.05, 0) is 29.8 Å². The van der Waals surface area contributed by atoms with Gasteiger partial charge < -0.3 is 10.1 Å². The van der Waals surface area contributed by atoms with Gasteiger partial charge in [0.1, 0.15) is 0 Å². The van der Waals surface area contributed by atoms with Crippen LogP contribution in [0.25, 0.3) is 0 Å². The average Bonchev–Trinajstić information content (AvgIpc) is 2.62. The molecular weight excluding hydrogens is 384 g/mol. The van der Waals surface area contributed by atoms with E-state index < -0.39 is 23.5 Å². The van der Waals surface area contributed by atoms with Gasteiger partial charge in [-0.25, -0.2) is 8.78 Å². The van der Waals surface area contributed by atoms with Crippen LogP contribution >= 0.6 is 23.4 Å². The number of amides is 1. The largest absolute Gasteiger partial charge is 0.456 e. The van der Waals surface area contributed by atoms with Crippen LogP contribution < -0.4 is 5.32 Å². The first kappa shape index (κ1) is 20.2. The fourth-order valence-corrected chi connectivity index (χ4v) is 2.98. The lowest BCUT2D eigenvalue weighted by molar-refractivity contribution is -0.148. The van der Waals surface area contributed by atoms with Crippen LogP contribution in [0, 0.1) is 11.6 Å². The molecule has 4 nitrogen and oxygen atoms in total. The van der Waals surface area contributed by atoms with Gasteiger partial charge in [0.2, 0.25) is 0 Å². The molecule has 2 rings (SSSR count). The van der Waals surface area contributed by atoms with Crippen LogP contribution in [0.4, 0.5) is 8.78 Å². The molecule has 26 heavy (non-hydrogen) atoms. The number of hydrogen-bond donors (Lipinski definition) is 1. The summed E-state index contributed by atoms with van der Waals surface area (Å²) in [6, 6.07) is 10.6. The van der Waals surface area contributed by atoms with E-state index in [2.05, 4.69) is 5.32 Å². The van der Waals surface area contributed by atoms with Crippen molar-refractivity contribution in [1.29, 1.82) is 0 Å². The molecule has 0 atom stereocenters. The van der Waals surface area contributed by atoms with E-state index in [4.69, 9.17) is 16.3 Å². The number of nitrogens with one attached hydrogen (secondary N) is 1. The number of ether oxygens (including phenoxy) is 1. The Labute approximate surface area is 158 Å². The lowest BCUT2D eigenvalue weighted by Crippen LogP contribution is -2.28. The molecule has 2 aromatic carbocycles. The Morgan fingerprint density at radius 3 is 2.62 bits per heavy atom. The molecule has 0 saturated carbocycles. The Morgan fingerprint density at radius 1 is 1.12 bits per heavy atom. The number of halogens is 3. The van der Waals surface area contributed by atoms with Crippen LogP contribution in [-0.4, -0.2) is 24.2 Å². The first-order chi connectivity index (χ1) is 12.5. The van der Waals surface area contributed by atoms with E-state index in [-0.39, 0.29) is 19.6 Å². The maximum atomic E-state index is 13.1. The van der Waals surface area contributed by atoms with Crippen LogP contribution in [0.3, 0.4) is 0 Å². The molecule has 0 saturated heterocycles.